The zero-order chi connectivity index (χ0) is 12.7. The van der Waals surface area contributed by atoms with Crippen molar-refractivity contribution in [3.8, 4) is 0 Å². The van der Waals surface area contributed by atoms with Crippen molar-refractivity contribution in [1.29, 1.82) is 0 Å². The number of rotatable bonds is 1. The van der Waals surface area contributed by atoms with Crippen LogP contribution in [-0.4, -0.2) is 23.7 Å². The van der Waals surface area contributed by atoms with Crippen molar-refractivity contribution in [1.82, 2.24) is 4.90 Å². The van der Waals surface area contributed by atoms with E-state index in [0.717, 1.165) is 0 Å². The van der Waals surface area contributed by atoms with E-state index in [1.807, 2.05) is 0 Å². The molecule has 2 rings (SSSR count). The smallest absolute Gasteiger partial charge is 0.273 e. The Bertz CT molecular complexity index is 434. The maximum absolute atomic E-state index is 12.6. The van der Waals surface area contributed by atoms with E-state index in [0.29, 0.717) is 5.56 Å². The molecule has 2 nitrogen and oxygen atoms in total. The van der Waals surface area contributed by atoms with Crippen molar-refractivity contribution in [3.63, 3.8) is 0 Å². The first-order valence-corrected chi connectivity index (χ1v) is 5.78. The van der Waals surface area contributed by atoms with Gasteiger partial charge in [0.1, 0.15) is 4.32 Å². The summed E-state index contributed by atoms with van der Waals surface area (Å²) < 4.78 is 36.4. The monoisotopic (exact) mass is 307 g/mol. The molecular formula is C11H9BrF3NO. The Hall–Kier alpha value is -1.04. The van der Waals surface area contributed by atoms with Crippen molar-refractivity contribution in [3.05, 3.63) is 35.9 Å². The summed E-state index contributed by atoms with van der Waals surface area (Å²) in [4.78, 5) is 11.8. The molecule has 1 atom stereocenters. The van der Waals surface area contributed by atoms with Crippen LogP contribution in [0.3, 0.4) is 0 Å². The van der Waals surface area contributed by atoms with Gasteiger partial charge < -0.3 is 0 Å². The van der Waals surface area contributed by atoms with Crippen LogP contribution in [0, 0.1) is 0 Å². The molecule has 1 unspecified atom stereocenters. The van der Waals surface area contributed by atoms with Gasteiger partial charge in [0.2, 0.25) is 0 Å². The van der Waals surface area contributed by atoms with Gasteiger partial charge in [-0.05, 0) is 12.0 Å². The van der Waals surface area contributed by atoms with Crippen LogP contribution in [0.2, 0.25) is 0 Å². The molecule has 0 bridgehead atoms. The van der Waals surface area contributed by atoms with Crippen molar-refractivity contribution < 1.29 is 18.0 Å². The first-order chi connectivity index (χ1) is 7.86. The second kappa shape index (κ2) is 4.01. The Morgan fingerprint density at radius 2 is 1.82 bits per heavy atom. The minimum absolute atomic E-state index is 0.0469. The standard InChI is InChI=1S/C11H9BrF3NO/c12-10(8-4-2-1-3-5-8)6-7-16(9(10)17)11(13,14)15/h1-5H,6-7H2. The molecule has 0 saturated carbocycles. The van der Waals surface area contributed by atoms with Gasteiger partial charge in [-0.1, -0.05) is 46.3 Å². The van der Waals surface area contributed by atoms with Crippen LogP contribution in [0.4, 0.5) is 13.2 Å². The largest absolute Gasteiger partial charge is 0.487 e. The lowest BCUT2D eigenvalue weighted by Crippen LogP contribution is -2.42. The van der Waals surface area contributed by atoms with Crippen molar-refractivity contribution >= 4 is 21.8 Å². The van der Waals surface area contributed by atoms with E-state index in [9.17, 15) is 18.0 Å². The van der Waals surface area contributed by atoms with Gasteiger partial charge in [0.05, 0.1) is 0 Å². The van der Waals surface area contributed by atoms with Gasteiger partial charge in [-0.25, -0.2) is 0 Å². The van der Waals surface area contributed by atoms with E-state index < -0.39 is 16.5 Å². The summed E-state index contributed by atoms with van der Waals surface area (Å²) in [5.41, 5.74) is 0.553. The first-order valence-electron chi connectivity index (χ1n) is 4.99. The van der Waals surface area contributed by atoms with E-state index in [1.54, 1.807) is 30.3 Å². The third-order valence-corrected chi connectivity index (χ3v) is 3.99. The van der Waals surface area contributed by atoms with Crippen LogP contribution in [0.15, 0.2) is 30.3 Å². The summed E-state index contributed by atoms with van der Waals surface area (Å²) in [7, 11) is 0. The number of carbonyl (C=O) groups is 1. The SMILES string of the molecule is O=C1N(C(F)(F)F)CCC1(Br)c1ccccc1. The highest BCUT2D eigenvalue weighted by Crippen LogP contribution is 2.44. The van der Waals surface area contributed by atoms with Gasteiger partial charge in [-0.15, -0.1) is 13.2 Å². The molecule has 1 fully saturated rings. The van der Waals surface area contributed by atoms with Gasteiger partial charge >= 0.3 is 6.30 Å². The summed E-state index contributed by atoms with van der Waals surface area (Å²) in [5.74, 6) is -0.948. The molecule has 0 radical (unpaired) electrons. The van der Waals surface area contributed by atoms with E-state index in [2.05, 4.69) is 15.9 Å². The highest BCUT2D eigenvalue weighted by atomic mass is 79.9. The molecule has 1 heterocycles. The Labute approximate surface area is 105 Å². The van der Waals surface area contributed by atoms with E-state index in [-0.39, 0.29) is 17.9 Å². The third-order valence-electron chi connectivity index (χ3n) is 2.80. The molecule has 92 valence electrons. The van der Waals surface area contributed by atoms with Gasteiger partial charge in [0, 0.05) is 6.54 Å². The summed E-state index contributed by atoms with van der Waals surface area (Å²) in [5, 5.41) is 0. The fourth-order valence-corrected chi connectivity index (χ4v) is 2.56. The number of carbonyl (C=O) groups excluding carboxylic acids is 1. The van der Waals surface area contributed by atoms with Crippen molar-refractivity contribution in [2.24, 2.45) is 0 Å². The molecule has 1 aliphatic heterocycles. The summed E-state index contributed by atoms with van der Waals surface area (Å²) >= 11 is 3.16. The number of likely N-dealkylation sites (tertiary alicyclic amines) is 1. The molecule has 1 saturated heterocycles. The van der Waals surface area contributed by atoms with Gasteiger partial charge in [-0.2, -0.15) is 0 Å². The molecule has 1 aliphatic rings. The quantitative estimate of drug-likeness (QED) is 0.577. The molecule has 0 aromatic heterocycles. The van der Waals surface area contributed by atoms with E-state index in [1.165, 1.54) is 0 Å². The molecule has 0 spiro atoms. The van der Waals surface area contributed by atoms with Gasteiger partial charge in [0.15, 0.2) is 0 Å². The fraction of sp³-hybridized carbons (Fsp3) is 0.364. The Kier molecular flexibility index (Phi) is 2.93. The predicted molar refractivity (Wildman–Crippen MR) is 59.4 cm³/mol. The zero-order valence-electron chi connectivity index (χ0n) is 8.67. The molecule has 1 aromatic carbocycles. The highest BCUT2D eigenvalue weighted by molar-refractivity contribution is 9.10. The lowest BCUT2D eigenvalue weighted by molar-refractivity contribution is -0.235. The molecule has 17 heavy (non-hydrogen) atoms. The minimum Gasteiger partial charge on any atom is -0.273 e. The van der Waals surface area contributed by atoms with Crippen LogP contribution in [0.25, 0.3) is 0 Å². The highest BCUT2D eigenvalue weighted by Gasteiger charge is 2.54. The number of benzene rings is 1. The fourth-order valence-electron chi connectivity index (χ4n) is 1.90. The van der Waals surface area contributed by atoms with Crippen LogP contribution in [0.5, 0.6) is 0 Å². The van der Waals surface area contributed by atoms with Crippen LogP contribution in [0.1, 0.15) is 12.0 Å². The molecular weight excluding hydrogens is 299 g/mol. The number of halogens is 4. The van der Waals surface area contributed by atoms with Crippen LogP contribution >= 0.6 is 15.9 Å². The molecule has 1 amide bonds. The topological polar surface area (TPSA) is 20.3 Å². The van der Waals surface area contributed by atoms with E-state index in [4.69, 9.17) is 0 Å². The number of hydrogen-bond donors (Lipinski definition) is 0. The summed E-state index contributed by atoms with van der Waals surface area (Å²) in [6, 6.07) is 8.43. The average molecular weight is 308 g/mol. The van der Waals surface area contributed by atoms with Crippen LogP contribution < -0.4 is 0 Å². The van der Waals surface area contributed by atoms with E-state index >= 15 is 0 Å². The van der Waals surface area contributed by atoms with Gasteiger partial charge in [0.25, 0.3) is 5.91 Å². The molecule has 0 aliphatic carbocycles. The Morgan fingerprint density at radius 1 is 1.24 bits per heavy atom. The zero-order valence-corrected chi connectivity index (χ0v) is 10.3. The first kappa shape index (κ1) is 12.4. The lowest BCUT2D eigenvalue weighted by atomic mass is 9.98. The normalized spacial score (nSPS) is 25.4. The molecule has 0 N–H and O–H groups in total. The second-order valence-corrected chi connectivity index (χ2v) is 5.20. The van der Waals surface area contributed by atoms with Crippen molar-refractivity contribution in [2.45, 2.75) is 17.0 Å². The number of alkyl halides is 4. The predicted octanol–water partition coefficient (Wildman–Crippen LogP) is 3.03. The number of nitrogens with zero attached hydrogens (tertiary/aromatic N) is 1. The molecule has 1 aromatic rings. The average Bonchev–Trinajstić information content (AvgIpc) is 2.58. The minimum atomic E-state index is -4.61. The summed E-state index contributed by atoms with van der Waals surface area (Å²) in [6.07, 6.45) is -4.50. The number of hydrogen-bond acceptors (Lipinski definition) is 1. The second-order valence-electron chi connectivity index (χ2n) is 3.84. The Balaban J connectivity index is 2.34. The maximum atomic E-state index is 12.6. The third kappa shape index (κ3) is 2.06. The number of amides is 1. The Morgan fingerprint density at radius 3 is 2.29 bits per heavy atom. The maximum Gasteiger partial charge on any atom is 0.487 e. The van der Waals surface area contributed by atoms with Crippen LogP contribution in [-0.2, 0) is 9.12 Å². The molecule has 6 heteroatoms. The van der Waals surface area contributed by atoms with Gasteiger partial charge in [-0.3, -0.25) is 9.69 Å². The lowest BCUT2D eigenvalue weighted by Gasteiger charge is -2.23. The van der Waals surface area contributed by atoms with Crippen molar-refractivity contribution in [2.75, 3.05) is 6.54 Å². The summed E-state index contributed by atoms with van der Waals surface area (Å²) in [6.45, 7) is -0.317.